The van der Waals surface area contributed by atoms with Crippen LogP contribution >= 0.6 is 0 Å². The lowest BCUT2D eigenvalue weighted by molar-refractivity contribution is 0.0776. The molecule has 1 atom stereocenters. The van der Waals surface area contributed by atoms with Crippen LogP contribution in [0.15, 0.2) is 17.3 Å². The van der Waals surface area contributed by atoms with Gasteiger partial charge in [-0.15, -0.1) is 0 Å². The van der Waals surface area contributed by atoms with Crippen LogP contribution in [0, 0.1) is 24.5 Å². The van der Waals surface area contributed by atoms with E-state index < -0.39 is 29.0 Å². The van der Waals surface area contributed by atoms with Crippen molar-refractivity contribution in [3.63, 3.8) is 0 Å². The molecule has 5 nitrogen and oxygen atoms in total. The number of carbonyl (C=O) groups is 1. The maximum absolute atomic E-state index is 13.9. The quantitative estimate of drug-likeness (QED) is 0.383. The third-order valence-corrected chi connectivity index (χ3v) is 3.01. The van der Waals surface area contributed by atoms with Gasteiger partial charge in [-0.1, -0.05) is 18.1 Å². The molecule has 1 unspecified atom stereocenters. The summed E-state index contributed by atoms with van der Waals surface area (Å²) in [7, 11) is 1.39. The van der Waals surface area contributed by atoms with Crippen LogP contribution in [-0.2, 0) is 0 Å². The van der Waals surface area contributed by atoms with E-state index in [0.29, 0.717) is 0 Å². The molecule has 3 N–H and O–H groups in total. The molecular weight excluding hydrogens is 268 g/mol. The fourth-order valence-electron chi connectivity index (χ4n) is 1.73. The number of hydrogen-bond acceptors (Lipinski definition) is 3. The van der Waals surface area contributed by atoms with Gasteiger partial charge in [0.15, 0.2) is 0 Å². The summed E-state index contributed by atoms with van der Waals surface area (Å²) < 4.78 is 27.5. The molecule has 0 radical (unpaired) electrons. The zero-order chi connectivity index (χ0) is 15.4. The number of halogens is 2. The molecule has 0 saturated carbocycles. The molecule has 0 aromatic heterocycles. The van der Waals surface area contributed by atoms with Crippen molar-refractivity contribution in [3.05, 3.63) is 34.9 Å². The Kier molecular flexibility index (Phi) is 5.01. The standard InChI is InChI=1S/C13H17F2N3O2/c1-7-4-5-9(14)10(11(7)15)13(19)18(3)6-8(2)12(16)17-20/h4-5,8,20H,6H2,1-3H3,(H2,16,17). The maximum Gasteiger partial charge on any atom is 0.259 e. The second-order valence-corrected chi connectivity index (χ2v) is 4.66. The molecule has 0 fully saturated rings. The van der Waals surface area contributed by atoms with E-state index in [1.807, 2.05) is 0 Å². The van der Waals surface area contributed by atoms with E-state index in [1.54, 1.807) is 6.92 Å². The SMILES string of the molecule is Cc1ccc(F)c(C(=O)N(C)CC(C)/C(N)=N/O)c1F. The van der Waals surface area contributed by atoms with Crippen LogP contribution in [0.5, 0.6) is 0 Å². The Morgan fingerprint density at radius 3 is 2.65 bits per heavy atom. The molecule has 1 amide bonds. The number of aryl methyl sites for hydroxylation is 1. The highest BCUT2D eigenvalue weighted by atomic mass is 19.1. The lowest BCUT2D eigenvalue weighted by atomic mass is 10.1. The first-order chi connectivity index (χ1) is 9.29. The Labute approximate surface area is 115 Å². The minimum absolute atomic E-state index is 0.0603. The highest BCUT2D eigenvalue weighted by Crippen LogP contribution is 2.18. The molecule has 0 heterocycles. The smallest absolute Gasteiger partial charge is 0.259 e. The average Bonchev–Trinajstić information content (AvgIpc) is 2.42. The van der Waals surface area contributed by atoms with Crippen LogP contribution in [0.3, 0.4) is 0 Å². The van der Waals surface area contributed by atoms with Gasteiger partial charge in [-0.25, -0.2) is 8.78 Å². The Balaban J connectivity index is 2.99. The zero-order valence-corrected chi connectivity index (χ0v) is 11.5. The Morgan fingerprint density at radius 1 is 1.50 bits per heavy atom. The molecule has 1 aromatic rings. The predicted octanol–water partition coefficient (Wildman–Crippen LogP) is 1.73. The second kappa shape index (κ2) is 6.31. The summed E-state index contributed by atoms with van der Waals surface area (Å²) in [6.45, 7) is 3.15. The first-order valence-corrected chi connectivity index (χ1v) is 5.97. The lowest BCUT2D eigenvalue weighted by Gasteiger charge is -2.21. The minimum atomic E-state index is -0.915. The van der Waals surface area contributed by atoms with Crippen molar-refractivity contribution in [1.82, 2.24) is 4.90 Å². The van der Waals surface area contributed by atoms with Gasteiger partial charge in [-0.2, -0.15) is 0 Å². The number of nitrogens with zero attached hydrogens (tertiary/aromatic N) is 2. The predicted molar refractivity (Wildman–Crippen MR) is 70.6 cm³/mol. The summed E-state index contributed by atoms with van der Waals surface area (Å²) in [5.41, 5.74) is 4.99. The minimum Gasteiger partial charge on any atom is -0.409 e. The zero-order valence-electron chi connectivity index (χ0n) is 11.5. The van der Waals surface area contributed by atoms with Crippen molar-refractivity contribution in [3.8, 4) is 0 Å². The van der Waals surface area contributed by atoms with Gasteiger partial charge in [0.2, 0.25) is 0 Å². The maximum atomic E-state index is 13.9. The number of rotatable bonds is 4. The first-order valence-electron chi connectivity index (χ1n) is 5.97. The van der Waals surface area contributed by atoms with Crippen molar-refractivity contribution in [2.75, 3.05) is 13.6 Å². The summed E-state index contributed by atoms with van der Waals surface area (Å²) >= 11 is 0. The lowest BCUT2D eigenvalue weighted by Crippen LogP contribution is -2.37. The summed E-state index contributed by atoms with van der Waals surface area (Å²) in [5, 5.41) is 11.4. The molecule has 1 aromatic carbocycles. The number of nitrogens with two attached hydrogens (primary N) is 1. The van der Waals surface area contributed by atoms with Gasteiger partial charge in [0.1, 0.15) is 23.0 Å². The van der Waals surface area contributed by atoms with Gasteiger partial charge < -0.3 is 15.8 Å². The molecule has 0 aliphatic carbocycles. The highest BCUT2D eigenvalue weighted by molar-refractivity contribution is 5.95. The van der Waals surface area contributed by atoms with Gasteiger partial charge in [0, 0.05) is 19.5 Å². The van der Waals surface area contributed by atoms with E-state index in [1.165, 1.54) is 20.0 Å². The molecular formula is C13H17F2N3O2. The van der Waals surface area contributed by atoms with E-state index in [2.05, 4.69) is 5.16 Å². The van der Waals surface area contributed by atoms with Crippen LogP contribution in [0.25, 0.3) is 0 Å². The van der Waals surface area contributed by atoms with Crippen LogP contribution < -0.4 is 5.73 Å². The molecule has 0 aliphatic heterocycles. The van der Waals surface area contributed by atoms with E-state index in [-0.39, 0.29) is 17.9 Å². The number of amides is 1. The number of benzene rings is 1. The van der Waals surface area contributed by atoms with Crippen molar-refractivity contribution in [2.45, 2.75) is 13.8 Å². The van der Waals surface area contributed by atoms with E-state index in [9.17, 15) is 13.6 Å². The van der Waals surface area contributed by atoms with Crippen molar-refractivity contribution < 1.29 is 18.8 Å². The van der Waals surface area contributed by atoms with E-state index in [4.69, 9.17) is 10.9 Å². The highest BCUT2D eigenvalue weighted by Gasteiger charge is 2.24. The summed E-state index contributed by atoms with van der Waals surface area (Å²) in [4.78, 5) is 13.2. The summed E-state index contributed by atoms with van der Waals surface area (Å²) in [5.74, 6) is -3.08. The normalized spacial score (nSPS) is 13.2. The third-order valence-electron chi connectivity index (χ3n) is 3.01. The largest absolute Gasteiger partial charge is 0.409 e. The molecule has 7 heteroatoms. The molecule has 1 rings (SSSR count). The number of amidine groups is 1. The van der Waals surface area contributed by atoms with E-state index in [0.717, 1.165) is 11.0 Å². The van der Waals surface area contributed by atoms with Crippen LogP contribution in [-0.4, -0.2) is 35.4 Å². The van der Waals surface area contributed by atoms with Crippen LogP contribution in [0.4, 0.5) is 8.78 Å². The molecule has 0 bridgehead atoms. The average molecular weight is 285 g/mol. The van der Waals surface area contributed by atoms with Gasteiger partial charge in [-0.3, -0.25) is 4.79 Å². The Hall–Kier alpha value is -2.18. The topological polar surface area (TPSA) is 78.9 Å². The summed E-state index contributed by atoms with van der Waals surface area (Å²) in [6.07, 6.45) is 0. The molecule has 110 valence electrons. The van der Waals surface area contributed by atoms with Crippen molar-refractivity contribution >= 4 is 11.7 Å². The Bertz CT molecular complexity index is 547. The summed E-state index contributed by atoms with van der Waals surface area (Å²) in [6, 6.07) is 2.31. The molecule has 20 heavy (non-hydrogen) atoms. The number of oxime groups is 1. The van der Waals surface area contributed by atoms with Gasteiger partial charge in [-0.05, 0) is 18.6 Å². The van der Waals surface area contributed by atoms with Gasteiger partial charge >= 0.3 is 0 Å². The third kappa shape index (κ3) is 3.23. The van der Waals surface area contributed by atoms with Gasteiger partial charge in [0.05, 0.1) is 0 Å². The Morgan fingerprint density at radius 2 is 2.10 bits per heavy atom. The number of carbonyl (C=O) groups excluding carboxylic acids is 1. The fourth-order valence-corrected chi connectivity index (χ4v) is 1.73. The van der Waals surface area contributed by atoms with E-state index >= 15 is 0 Å². The van der Waals surface area contributed by atoms with Crippen LogP contribution in [0.1, 0.15) is 22.8 Å². The van der Waals surface area contributed by atoms with Crippen molar-refractivity contribution in [1.29, 1.82) is 0 Å². The van der Waals surface area contributed by atoms with Crippen molar-refractivity contribution in [2.24, 2.45) is 16.8 Å². The monoisotopic (exact) mass is 285 g/mol. The van der Waals surface area contributed by atoms with Crippen LogP contribution in [0.2, 0.25) is 0 Å². The first kappa shape index (κ1) is 15.9. The second-order valence-electron chi connectivity index (χ2n) is 4.66. The fraction of sp³-hybridized carbons (Fsp3) is 0.385. The molecule has 0 spiro atoms. The van der Waals surface area contributed by atoms with Gasteiger partial charge in [0.25, 0.3) is 5.91 Å². The molecule has 0 saturated heterocycles. The number of hydrogen-bond donors (Lipinski definition) is 2. The molecule has 0 aliphatic rings.